The van der Waals surface area contributed by atoms with Crippen molar-refractivity contribution in [2.75, 3.05) is 6.54 Å². The number of carbonyl (C=O) groups is 2. The van der Waals surface area contributed by atoms with Crippen molar-refractivity contribution in [3.63, 3.8) is 0 Å². The molecule has 3 N–H and O–H groups in total. The van der Waals surface area contributed by atoms with Gasteiger partial charge in [-0.1, -0.05) is 12.5 Å². The second-order valence-electron chi connectivity index (χ2n) is 4.70. The highest BCUT2D eigenvalue weighted by atomic mass is 16.4. The van der Waals surface area contributed by atoms with Gasteiger partial charge in [0, 0.05) is 35.6 Å². The van der Waals surface area contributed by atoms with E-state index < -0.39 is 5.97 Å². The highest BCUT2D eigenvalue weighted by molar-refractivity contribution is 6.06. The number of carboxylic acid groups (broad SMARTS) is 1. The van der Waals surface area contributed by atoms with Crippen LogP contribution in [0, 0.1) is 0 Å². The van der Waals surface area contributed by atoms with E-state index in [-0.39, 0.29) is 12.3 Å². The minimum atomic E-state index is -0.770. The molecule has 0 spiro atoms. The maximum absolute atomic E-state index is 12.1. The van der Waals surface area contributed by atoms with Crippen LogP contribution in [0.4, 0.5) is 0 Å². The summed E-state index contributed by atoms with van der Waals surface area (Å²) in [6.45, 7) is 0.569. The molecule has 0 saturated heterocycles. The molecule has 0 atom stereocenters. The van der Waals surface area contributed by atoms with Gasteiger partial charge in [-0.05, 0) is 31.0 Å². The van der Waals surface area contributed by atoms with Gasteiger partial charge in [0.25, 0.3) is 5.91 Å². The van der Waals surface area contributed by atoms with Crippen molar-refractivity contribution >= 4 is 22.8 Å². The molecule has 0 aliphatic rings. The lowest BCUT2D eigenvalue weighted by molar-refractivity contribution is -0.137. The lowest BCUT2D eigenvalue weighted by atomic mass is 10.1. The fourth-order valence-corrected chi connectivity index (χ4v) is 2.16. The van der Waals surface area contributed by atoms with Crippen LogP contribution in [-0.4, -0.2) is 28.5 Å². The maximum Gasteiger partial charge on any atom is 0.303 e. The Kier molecular flexibility index (Phi) is 4.76. The largest absolute Gasteiger partial charge is 0.481 e. The van der Waals surface area contributed by atoms with E-state index in [4.69, 9.17) is 5.11 Å². The first-order valence-corrected chi connectivity index (χ1v) is 6.74. The Bertz CT molecular complexity index is 604. The molecule has 0 aliphatic carbocycles. The molecule has 1 aromatic carbocycles. The normalized spacial score (nSPS) is 10.6. The molecule has 2 aromatic rings. The number of aromatic nitrogens is 1. The lowest BCUT2D eigenvalue weighted by Crippen LogP contribution is -2.24. The number of fused-ring (bicyclic) bond motifs is 1. The molecule has 0 saturated carbocycles. The number of H-pyrrole nitrogens is 1. The van der Waals surface area contributed by atoms with Gasteiger partial charge in [-0.3, -0.25) is 9.59 Å². The van der Waals surface area contributed by atoms with Crippen LogP contribution in [-0.2, 0) is 4.79 Å². The zero-order valence-corrected chi connectivity index (χ0v) is 11.2. The first-order valence-electron chi connectivity index (χ1n) is 6.74. The first-order chi connectivity index (χ1) is 9.68. The summed E-state index contributed by atoms with van der Waals surface area (Å²) < 4.78 is 0. The highest BCUT2D eigenvalue weighted by Gasteiger charge is 2.09. The van der Waals surface area contributed by atoms with E-state index in [0.717, 1.165) is 23.7 Å². The average Bonchev–Trinajstić information content (AvgIpc) is 2.90. The standard InChI is InChI=1S/C15H18N2O3/c18-14(19)7-2-1-3-9-17-15(20)12-5-4-6-13-11(12)8-10-16-13/h4-6,8,10,16H,1-3,7,9H2,(H,17,20)(H,18,19). The number of aliphatic carboxylic acids is 1. The van der Waals surface area contributed by atoms with Crippen molar-refractivity contribution in [3.05, 3.63) is 36.0 Å². The number of hydrogen-bond acceptors (Lipinski definition) is 2. The SMILES string of the molecule is O=C(O)CCCCCNC(=O)c1cccc2[nH]ccc12. The number of rotatable bonds is 7. The summed E-state index contributed by atoms with van der Waals surface area (Å²) in [5, 5.41) is 12.3. The highest BCUT2D eigenvalue weighted by Crippen LogP contribution is 2.17. The number of benzene rings is 1. The molecule has 1 aromatic heterocycles. The molecule has 5 nitrogen and oxygen atoms in total. The van der Waals surface area contributed by atoms with Crippen molar-refractivity contribution in [2.24, 2.45) is 0 Å². The van der Waals surface area contributed by atoms with Gasteiger partial charge in [0.2, 0.25) is 0 Å². The van der Waals surface area contributed by atoms with Gasteiger partial charge in [0.05, 0.1) is 0 Å². The van der Waals surface area contributed by atoms with Crippen molar-refractivity contribution in [3.8, 4) is 0 Å². The van der Waals surface area contributed by atoms with Gasteiger partial charge in [0.15, 0.2) is 0 Å². The maximum atomic E-state index is 12.1. The Hall–Kier alpha value is -2.30. The first kappa shape index (κ1) is 14.1. The number of carboxylic acids is 1. The number of unbranched alkanes of at least 4 members (excludes halogenated alkanes) is 2. The molecule has 0 unspecified atom stereocenters. The summed E-state index contributed by atoms with van der Waals surface area (Å²) in [5.41, 5.74) is 1.60. The third-order valence-electron chi connectivity index (χ3n) is 3.19. The Morgan fingerprint density at radius 1 is 1.15 bits per heavy atom. The number of nitrogens with one attached hydrogen (secondary N) is 2. The third-order valence-corrected chi connectivity index (χ3v) is 3.19. The van der Waals surface area contributed by atoms with E-state index in [9.17, 15) is 9.59 Å². The van der Waals surface area contributed by atoms with Crippen LogP contribution in [0.5, 0.6) is 0 Å². The summed E-state index contributed by atoms with van der Waals surface area (Å²) in [7, 11) is 0. The second-order valence-corrected chi connectivity index (χ2v) is 4.70. The van der Waals surface area contributed by atoms with Crippen LogP contribution in [0.1, 0.15) is 36.0 Å². The predicted molar refractivity (Wildman–Crippen MR) is 76.7 cm³/mol. The summed E-state index contributed by atoms with van der Waals surface area (Å²) >= 11 is 0. The van der Waals surface area contributed by atoms with E-state index in [1.807, 2.05) is 24.4 Å². The van der Waals surface area contributed by atoms with Crippen LogP contribution in [0.2, 0.25) is 0 Å². The van der Waals surface area contributed by atoms with Crippen molar-refractivity contribution < 1.29 is 14.7 Å². The van der Waals surface area contributed by atoms with E-state index >= 15 is 0 Å². The van der Waals surface area contributed by atoms with E-state index in [2.05, 4.69) is 10.3 Å². The smallest absolute Gasteiger partial charge is 0.303 e. The van der Waals surface area contributed by atoms with Crippen LogP contribution in [0.3, 0.4) is 0 Å². The molecule has 5 heteroatoms. The Morgan fingerprint density at radius 2 is 2.00 bits per heavy atom. The fourth-order valence-electron chi connectivity index (χ4n) is 2.16. The van der Waals surface area contributed by atoms with Gasteiger partial charge in [-0.15, -0.1) is 0 Å². The molecule has 0 radical (unpaired) electrons. The zero-order valence-electron chi connectivity index (χ0n) is 11.2. The van der Waals surface area contributed by atoms with E-state index in [1.54, 1.807) is 6.07 Å². The van der Waals surface area contributed by atoms with Gasteiger partial charge in [0.1, 0.15) is 0 Å². The molecule has 0 bridgehead atoms. The topological polar surface area (TPSA) is 82.2 Å². The minimum absolute atomic E-state index is 0.0894. The molecule has 1 amide bonds. The fraction of sp³-hybridized carbons (Fsp3) is 0.333. The van der Waals surface area contributed by atoms with Crippen LogP contribution in [0.25, 0.3) is 10.9 Å². The Balaban J connectivity index is 1.80. The monoisotopic (exact) mass is 274 g/mol. The van der Waals surface area contributed by atoms with Gasteiger partial charge < -0.3 is 15.4 Å². The molecular formula is C15H18N2O3. The van der Waals surface area contributed by atoms with Crippen LogP contribution >= 0.6 is 0 Å². The molecule has 1 heterocycles. The van der Waals surface area contributed by atoms with Gasteiger partial charge >= 0.3 is 5.97 Å². The number of aromatic amines is 1. The zero-order chi connectivity index (χ0) is 14.4. The minimum Gasteiger partial charge on any atom is -0.481 e. The molecule has 106 valence electrons. The van der Waals surface area contributed by atoms with Gasteiger partial charge in [-0.25, -0.2) is 0 Å². The number of amides is 1. The van der Waals surface area contributed by atoms with Crippen LogP contribution in [0.15, 0.2) is 30.5 Å². The second kappa shape index (κ2) is 6.75. The lowest BCUT2D eigenvalue weighted by Gasteiger charge is -2.06. The molecule has 2 rings (SSSR count). The summed E-state index contributed by atoms with van der Waals surface area (Å²) in [5.74, 6) is -0.860. The van der Waals surface area contributed by atoms with Gasteiger partial charge in [-0.2, -0.15) is 0 Å². The van der Waals surface area contributed by atoms with E-state index in [0.29, 0.717) is 18.5 Å². The molecule has 0 aliphatic heterocycles. The Labute approximate surface area is 117 Å². The summed E-state index contributed by atoms with van der Waals surface area (Å²) in [4.78, 5) is 25.5. The third kappa shape index (κ3) is 3.60. The number of carbonyl (C=O) groups excluding carboxylic acids is 1. The van der Waals surface area contributed by atoms with Crippen LogP contribution < -0.4 is 5.32 Å². The van der Waals surface area contributed by atoms with Crippen molar-refractivity contribution in [1.82, 2.24) is 10.3 Å². The number of hydrogen-bond donors (Lipinski definition) is 3. The van der Waals surface area contributed by atoms with Crippen molar-refractivity contribution in [2.45, 2.75) is 25.7 Å². The van der Waals surface area contributed by atoms with E-state index in [1.165, 1.54) is 0 Å². The average molecular weight is 274 g/mol. The summed E-state index contributed by atoms with van der Waals surface area (Å²) in [6, 6.07) is 7.46. The summed E-state index contributed by atoms with van der Waals surface area (Å²) in [6.07, 6.45) is 4.26. The van der Waals surface area contributed by atoms with Crippen molar-refractivity contribution in [1.29, 1.82) is 0 Å². The molecule has 20 heavy (non-hydrogen) atoms. The molecular weight excluding hydrogens is 256 g/mol. The predicted octanol–water partition coefficient (Wildman–Crippen LogP) is 2.54. The Morgan fingerprint density at radius 3 is 2.80 bits per heavy atom. The molecule has 0 fully saturated rings. The quantitative estimate of drug-likeness (QED) is 0.678.